The zero-order valence-electron chi connectivity index (χ0n) is 13.2. The molecule has 1 heterocycles. The van der Waals surface area contributed by atoms with Gasteiger partial charge in [-0.25, -0.2) is 0 Å². The predicted octanol–water partition coefficient (Wildman–Crippen LogP) is 1.99. The van der Waals surface area contributed by atoms with Crippen molar-refractivity contribution < 1.29 is 9.59 Å². The maximum Gasteiger partial charge on any atom is 0.228 e. The van der Waals surface area contributed by atoms with Crippen molar-refractivity contribution >= 4 is 29.1 Å². The normalized spacial score (nSPS) is 18.0. The SMILES string of the molecule is CC(N)CC(=O)N1CC(CC(=O)N(C)C)c2cc(Cl)ccc21. The highest BCUT2D eigenvalue weighted by molar-refractivity contribution is 6.30. The lowest BCUT2D eigenvalue weighted by atomic mass is 9.97. The van der Waals surface area contributed by atoms with Gasteiger partial charge in [0.25, 0.3) is 0 Å². The van der Waals surface area contributed by atoms with Crippen LogP contribution in [0.4, 0.5) is 5.69 Å². The third-order valence-corrected chi connectivity index (χ3v) is 4.08. The van der Waals surface area contributed by atoms with Crippen molar-refractivity contribution in [3.8, 4) is 0 Å². The van der Waals surface area contributed by atoms with Crippen LogP contribution in [0.5, 0.6) is 0 Å². The molecular formula is C16H22ClN3O2. The van der Waals surface area contributed by atoms with E-state index >= 15 is 0 Å². The van der Waals surface area contributed by atoms with E-state index in [1.165, 1.54) is 0 Å². The average molecular weight is 324 g/mol. The van der Waals surface area contributed by atoms with Gasteiger partial charge in [-0.2, -0.15) is 0 Å². The van der Waals surface area contributed by atoms with Crippen molar-refractivity contribution in [3.63, 3.8) is 0 Å². The molecule has 1 aromatic rings. The number of halogens is 1. The number of hydrogen-bond donors (Lipinski definition) is 1. The minimum atomic E-state index is -0.189. The minimum Gasteiger partial charge on any atom is -0.349 e. The maximum absolute atomic E-state index is 12.4. The Labute approximate surface area is 136 Å². The van der Waals surface area contributed by atoms with Gasteiger partial charge in [0, 0.05) is 56.2 Å². The summed E-state index contributed by atoms with van der Waals surface area (Å²) in [6, 6.07) is 5.27. The highest BCUT2D eigenvalue weighted by atomic mass is 35.5. The molecule has 5 nitrogen and oxygen atoms in total. The lowest BCUT2D eigenvalue weighted by Gasteiger charge is -2.19. The first kappa shape index (κ1) is 16.8. The second-order valence-electron chi connectivity index (χ2n) is 6.08. The van der Waals surface area contributed by atoms with Crippen LogP contribution in [0.3, 0.4) is 0 Å². The van der Waals surface area contributed by atoms with Crippen molar-refractivity contribution in [2.75, 3.05) is 25.5 Å². The second-order valence-corrected chi connectivity index (χ2v) is 6.51. The second kappa shape index (κ2) is 6.67. The molecule has 1 aromatic carbocycles. The Morgan fingerprint density at radius 1 is 1.45 bits per heavy atom. The van der Waals surface area contributed by atoms with Gasteiger partial charge in [-0.15, -0.1) is 0 Å². The standard InChI is InChI=1S/C16H22ClN3O2/c1-10(18)6-16(22)20-9-11(7-15(21)19(2)3)13-8-12(17)4-5-14(13)20/h4-5,8,10-11H,6-7,9,18H2,1-3H3. The molecule has 2 atom stereocenters. The summed E-state index contributed by atoms with van der Waals surface area (Å²) in [7, 11) is 3.46. The van der Waals surface area contributed by atoms with Crippen molar-refractivity contribution in [1.82, 2.24) is 4.90 Å². The number of rotatable bonds is 4. The van der Waals surface area contributed by atoms with Crippen molar-refractivity contribution in [2.45, 2.75) is 31.7 Å². The Bertz CT molecular complexity index is 587. The molecular weight excluding hydrogens is 302 g/mol. The smallest absolute Gasteiger partial charge is 0.228 e. The van der Waals surface area contributed by atoms with Crippen LogP contribution in [-0.4, -0.2) is 43.4 Å². The molecule has 22 heavy (non-hydrogen) atoms. The maximum atomic E-state index is 12.4. The fourth-order valence-electron chi connectivity index (χ4n) is 2.70. The molecule has 6 heteroatoms. The summed E-state index contributed by atoms with van der Waals surface area (Å²) in [4.78, 5) is 27.7. The topological polar surface area (TPSA) is 66.6 Å². The number of anilines is 1. The number of nitrogens with zero attached hydrogens (tertiary/aromatic N) is 2. The van der Waals surface area contributed by atoms with E-state index in [0.29, 0.717) is 18.0 Å². The number of nitrogens with two attached hydrogens (primary N) is 1. The zero-order valence-corrected chi connectivity index (χ0v) is 13.9. The van der Waals surface area contributed by atoms with Crippen LogP contribution in [0.2, 0.25) is 5.02 Å². The zero-order chi connectivity index (χ0) is 16.4. The van der Waals surface area contributed by atoms with E-state index in [2.05, 4.69) is 0 Å². The number of carbonyl (C=O) groups is 2. The van der Waals surface area contributed by atoms with Gasteiger partial charge in [0.1, 0.15) is 0 Å². The molecule has 1 aliphatic rings. The first-order valence-electron chi connectivity index (χ1n) is 7.35. The van der Waals surface area contributed by atoms with Crippen LogP contribution >= 0.6 is 11.6 Å². The van der Waals surface area contributed by atoms with E-state index < -0.39 is 0 Å². The van der Waals surface area contributed by atoms with E-state index in [1.54, 1.807) is 30.0 Å². The van der Waals surface area contributed by atoms with Gasteiger partial charge in [-0.05, 0) is 30.7 Å². The average Bonchev–Trinajstić information content (AvgIpc) is 2.76. The molecule has 2 amide bonds. The fourth-order valence-corrected chi connectivity index (χ4v) is 2.89. The Kier molecular flexibility index (Phi) is 5.08. The molecule has 1 aliphatic heterocycles. The number of carbonyl (C=O) groups excluding carboxylic acids is 2. The molecule has 2 unspecified atom stereocenters. The number of fused-ring (bicyclic) bond motifs is 1. The van der Waals surface area contributed by atoms with Gasteiger partial charge in [0.15, 0.2) is 0 Å². The van der Waals surface area contributed by atoms with Crippen molar-refractivity contribution in [2.24, 2.45) is 5.73 Å². The van der Waals surface area contributed by atoms with E-state index in [9.17, 15) is 9.59 Å². The Hall–Kier alpha value is -1.59. The van der Waals surface area contributed by atoms with Gasteiger partial charge < -0.3 is 15.5 Å². The molecule has 2 rings (SSSR count). The Morgan fingerprint density at radius 2 is 2.14 bits per heavy atom. The fraction of sp³-hybridized carbons (Fsp3) is 0.500. The quantitative estimate of drug-likeness (QED) is 0.921. The molecule has 2 N–H and O–H groups in total. The predicted molar refractivity (Wildman–Crippen MR) is 88.1 cm³/mol. The molecule has 0 radical (unpaired) electrons. The molecule has 0 spiro atoms. The summed E-state index contributed by atoms with van der Waals surface area (Å²) in [5.74, 6) is -0.00331. The van der Waals surface area contributed by atoms with Crippen LogP contribution in [0.1, 0.15) is 31.2 Å². The van der Waals surface area contributed by atoms with E-state index in [-0.39, 0.29) is 30.2 Å². The summed E-state index contributed by atoms with van der Waals surface area (Å²) < 4.78 is 0. The lowest BCUT2D eigenvalue weighted by molar-refractivity contribution is -0.129. The van der Waals surface area contributed by atoms with Gasteiger partial charge in [-0.1, -0.05) is 11.6 Å². The van der Waals surface area contributed by atoms with Gasteiger partial charge in [0.2, 0.25) is 11.8 Å². The molecule has 0 fully saturated rings. The van der Waals surface area contributed by atoms with E-state index in [0.717, 1.165) is 11.3 Å². The lowest BCUT2D eigenvalue weighted by Crippen LogP contribution is -2.34. The van der Waals surface area contributed by atoms with Crippen LogP contribution in [0.25, 0.3) is 0 Å². The Balaban J connectivity index is 2.28. The van der Waals surface area contributed by atoms with Crippen molar-refractivity contribution in [3.05, 3.63) is 28.8 Å². The van der Waals surface area contributed by atoms with E-state index in [4.69, 9.17) is 17.3 Å². The highest BCUT2D eigenvalue weighted by Crippen LogP contribution is 2.40. The Morgan fingerprint density at radius 3 is 2.73 bits per heavy atom. The first-order chi connectivity index (χ1) is 10.3. The summed E-state index contributed by atoms with van der Waals surface area (Å²) in [5, 5.41) is 0.613. The van der Waals surface area contributed by atoms with Crippen LogP contribution in [-0.2, 0) is 9.59 Å². The van der Waals surface area contributed by atoms with Gasteiger partial charge in [0.05, 0.1) is 0 Å². The van der Waals surface area contributed by atoms with E-state index in [1.807, 2.05) is 19.1 Å². The monoisotopic (exact) mass is 323 g/mol. The molecule has 0 aliphatic carbocycles. The molecule has 0 saturated heterocycles. The van der Waals surface area contributed by atoms with Crippen LogP contribution in [0.15, 0.2) is 18.2 Å². The highest BCUT2D eigenvalue weighted by Gasteiger charge is 2.34. The van der Waals surface area contributed by atoms with Crippen molar-refractivity contribution in [1.29, 1.82) is 0 Å². The summed E-state index contributed by atoms with van der Waals surface area (Å²) in [6.07, 6.45) is 0.652. The van der Waals surface area contributed by atoms with Crippen LogP contribution < -0.4 is 10.6 Å². The first-order valence-corrected chi connectivity index (χ1v) is 7.73. The summed E-state index contributed by atoms with van der Waals surface area (Å²) >= 11 is 6.08. The minimum absolute atomic E-state index is 0.0154. The third-order valence-electron chi connectivity index (χ3n) is 3.84. The number of amides is 2. The molecule has 0 saturated carbocycles. The van der Waals surface area contributed by atoms with Crippen LogP contribution in [0, 0.1) is 0 Å². The van der Waals surface area contributed by atoms with Gasteiger partial charge in [-0.3, -0.25) is 9.59 Å². The molecule has 0 aromatic heterocycles. The number of benzene rings is 1. The largest absolute Gasteiger partial charge is 0.349 e. The molecule has 0 bridgehead atoms. The summed E-state index contributed by atoms with van der Waals surface area (Å²) in [6.45, 7) is 2.31. The van der Waals surface area contributed by atoms with Gasteiger partial charge >= 0.3 is 0 Å². The molecule has 120 valence electrons. The summed E-state index contributed by atoms with van der Waals surface area (Å²) in [5.41, 5.74) is 7.53. The number of hydrogen-bond acceptors (Lipinski definition) is 3. The third kappa shape index (κ3) is 3.59.